The van der Waals surface area contributed by atoms with Crippen molar-refractivity contribution in [1.82, 2.24) is 0 Å². The summed E-state index contributed by atoms with van der Waals surface area (Å²) in [6.07, 6.45) is 0. The Labute approximate surface area is 75.8 Å². The van der Waals surface area contributed by atoms with Gasteiger partial charge in [0.15, 0.2) is 0 Å². The molecule has 0 atom stereocenters. The second-order valence-corrected chi connectivity index (χ2v) is 3.25. The molecule has 0 N–H and O–H groups in total. The summed E-state index contributed by atoms with van der Waals surface area (Å²) in [6, 6.07) is 7.20. The van der Waals surface area contributed by atoms with E-state index in [0.717, 1.165) is 16.5 Å². The largest absolute Gasteiger partial charge is 0.423 e. The third kappa shape index (κ3) is 1.35. The van der Waals surface area contributed by atoms with Crippen molar-refractivity contribution in [3.63, 3.8) is 0 Å². The summed E-state index contributed by atoms with van der Waals surface area (Å²) in [5, 5.41) is 1.00. The molecule has 0 aliphatic carbocycles. The van der Waals surface area contributed by atoms with E-state index >= 15 is 0 Å². The summed E-state index contributed by atoms with van der Waals surface area (Å²) in [7, 11) is 0. The Morgan fingerprint density at radius 1 is 1.15 bits per heavy atom. The first-order valence-corrected chi connectivity index (χ1v) is 4.18. The van der Waals surface area contributed by atoms with Gasteiger partial charge in [0.25, 0.3) is 0 Å². The maximum atomic E-state index is 10.9. The normalized spacial score (nSPS) is 10.6. The van der Waals surface area contributed by atoms with Crippen LogP contribution in [0.15, 0.2) is 33.5 Å². The molecule has 0 aliphatic heterocycles. The molecule has 0 saturated heterocycles. The van der Waals surface area contributed by atoms with Crippen molar-refractivity contribution in [2.45, 2.75) is 13.8 Å². The molecule has 2 rings (SSSR count). The summed E-state index contributed by atoms with van der Waals surface area (Å²) in [5.74, 6) is 0. The third-order valence-corrected chi connectivity index (χ3v) is 2.09. The average molecular weight is 174 g/mol. The van der Waals surface area contributed by atoms with Crippen molar-refractivity contribution in [2.24, 2.45) is 0 Å². The van der Waals surface area contributed by atoms with E-state index in [1.807, 2.05) is 19.9 Å². The Kier molecular flexibility index (Phi) is 1.69. The fourth-order valence-electron chi connectivity index (χ4n) is 1.53. The Balaban J connectivity index is 2.94. The summed E-state index contributed by atoms with van der Waals surface area (Å²) in [5.41, 5.74) is 2.63. The molecule has 2 heteroatoms. The lowest BCUT2D eigenvalue weighted by Crippen LogP contribution is -1.95. The molecule has 0 bridgehead atoms. The summed E-state index contributed by atoms with van der Waals surface area (Å²) in [6.45, 7) is 3.99. The molecule has 0 amide bonds. The Morgan fingerprint density at radius 2 is 1.92 bits per heavy atom. The van der Waals surface area contributed by atoms with Crippen LogP contribution in [-0.4, -0.2) is 0 Å². The quantitative estimate of drug-likeness (QED) is 0.574. The van der Waals surface area contributed by atoms with Crippen molar-refractivity contribution in [3.8, 4) is 0 Å². The van der Waals surface area contributed by atoms with Gasteiger partial charge in [-0.3, -0.25) is 0 Å². The average Bonchev–Trinajstić information content (AvgIpc) is 2.02. The monoisotopic (exact) mass is 174 g/mol. The molecule has 2 nitrogen and oxygen atoms in total. The standard InChI is InChI=1S/C11H10O2/c1-7-5-8(2)9-3-4-11(12)13-10(9)6-7/h3-6H,1-2H3. The number of hydrogen-bond acceptors (Lipinski definition) is 2. The minimum atomic E-state index is -0.294. The van der Waals surface area contributed by atoms with Gasteiger partial charge in [-0.2, -0.15) is 0 Å². The van der Waals surface area contributed by atoms with E-state index in [1.165, 1.54) is 6.07 Å². The van der Waals surface area contributed by atoms with Crippen molar-refractivity contribution >= 4 is 11.0 Å². The molecular formula is C11H10O2. The highest BCUT2D eigenvalue weighted by atomic mass is 16.4. The van der Waals surface area contributed by atoms with Crippen LogP contribution in [0.1, 0.15) is 11.1 Å². The van der Waals surface area contributed by atoms with E-state index in [2.05, 4.69) is 6.07 Å². The first-order chi connectivity index (χ1) is 6.16. The molecular weight excluding hydrogens is 164 g/mol. The Bertz CT molecular complexity index is 509. The summed E-state index contributed by atoms with van der Waals surface area (Å²) < 4.78 is 5.07. The van der Waals surface area contributed by atoms with Gasteiger partial charge >= 0.3 is 5.63 Å². The molecule has 1 aromatic carbocycles. The number of benzene rings is 1. The number of hydrogen-bond donors (Lipinski definition) is 0. The highest BCUT2D eigenvalue weighted by Crippen LogP contribution is 2.18. The minimum absolute atomic E-state index is 0.294. The molecule has 0 unspecified atom stereocenters. The maximum absolute atomic E-state index is 10.9. The molecule has 1 aromatic heterocycles. The van der Waals surface area contributed by atoms with Gasteiger partial charge in [-0.1, -0.05) is 6.07 Å². The second kappa shape index (κ2) is 2.73. The van der Waals surface area contributed by atoms with Gasteiger partial charge in [-0.15, -0.1) is 0 Å². The van der Waals surface area contributed by atoms with Crippen LogP contribution >= 0.6 is 0 Å². The first-order valence-electron chi connectivity index (χ1n) is 4.18. The van der Waals surface area contributed by atoms with E-state index < -0.39 is 0 Å². The van der Waals surface area contributed by atoms with E-state index in [9.17, 15) is 4.79 Å². The van der Waals surface area contributed by atoms with Crippen LogP contribution in [-0.2, 0) is 0 Å². The zero-order valence-electron chi connectivity index (χ0n) is 7.63. The molecule has 0 fully saturated rings. The van der Waals surface area contributed by atoms with Crippen molar-refractivity contribution in [1.29, 1.82) is 0 Å². The van der Waals surface area contributed by atoms with E-state index in [0.29, 0.717) is 5.58 Å². The fourth-order valence-corrected chi connectivity index (χ4v) is 1.53. The highest BCUT2D eigenvalue weighted by Gasteiger charge is 2.00. The van der Waals surface area contributed by atoms with Crippen LogP contribution in [0.3, 0.4) is 0 Å². The molecule has 0 radical (unpaired) electrons. The lowest BCUT2D eigenvalue weighted by atomic mass is 10.1. The van der Waals surface area contributed by atoms with Gasteiger partial charge in [0.05, 0.1) is 0 Å². The molecule has 0 saturated carbocycles. The van der Waals surface area contributed by atoms with Gasteiger partial charge < -0.3 is 4.42 Å². The zero-order chi connectivity index (χ0) is 9.42. The molecule has 66 valence electrons. The van der Waals surface area contributed by atoms with Crippen molar-refractivity contribution in [3.05, 3.63) is 45.8 Å². The zero-order valence-corrected chi connectivity index (χ0v) is 7.63. The van der Waals surface area contributed by atoms with Crippen LogP contribution in [0.5, 0.6) is 0 Å². The Hall–Kier alpha value is -1.57. The SMILES string of the molecule is Cc1cc(C)c2ccc(=O)oc2c1. The third-order valence-electron chi connectivity index (χ3n) is 2.09. The lowest BCUT2D eigenvalue weighted by molar-refractivity contribution is 0.560. The van der Waals surface area contributed by atoms with Crippen LogP contribution in [0.4, 0.5) is 0 Å². The molecule has 1 heterocycles. The van der Waals surface area contributed by atoms with Gasteiger partial charge in [0.1, 0.15) is 5.58 Å². The number of aryl methyl sites for hydroxylation is 2. The predicted octanol–water partition coefficient (Wildman–Crippen LogP) is 2.41. The first kappa shape index (κ1) is 8.05. The fraction of sp³-hybridized carbons (Fsp3) is 0.182. The van der Waals surface area contributed by atoms with Gasteiger partial charge in [0, 0.05) is 11.5 Å². The molecule has 0 spiro atoms. The maximum Gasteiger partial charge on any atom is 0.336 e. The number of rotatable bonds is 0. The molecule has 0 aliphatic rings. The topological polar surface area (TPSA) is 30.2 Å². The minimum Gasteiger partial charge on any atom is -0.423 e. The molecule has 2 aromatic rings. The van der Waals surface area contributed by atoms with E-state index in [4.69, 9.17) is 4.42 Å². The highest BCUT2D eigenvalue weighted by molar-refractivity contribution is 5.80. The van der Waals surface area contributed by atoms with Gasteiger partial charge in [-0.25, -0.2) is 4.79 Å². The van der Waals surface area contributed by atoms with E-state index in [1.54, 1.807) is 6.07 Å². The van der Waals surface area contributed by atoms with Crippen LogP contribution in [0, 0.1) is 13.8 Å². The molecule has 13 heavy (non-hydrogen) atoms. The summed E-state index contributed by atoms with van der Waals surface area (Å²) in [4.78, 5) is 10.9. The van der Waals surface area contributed by atoms with Gasteiger partial charge in [-0.05, 0) is 37.1 Å². The van der Waals surface area contributed by atoms with E-state index in [-0.39, 0.29) is 5.63 Å². The smallest absolute Gasteiger partial charge is 0.336 e. The second-order valence-electron chi connectivity index (χ2n) is 3.25. The van der Waals surface area contributed by atoms with Crippen LogP contribution in [0.25, 0.3) is 11.0 Å². The van der Waals surface area contributed by atoms with Gasteiger partial charge in [0.2, 0.25) is 0 Å². The summed E-state index contributed by atoms with van der Waals surface area (Å²) >= 11 is 0. The number of fused-ring (bicyclic) bond motifs is 1. The predicted molar refractivity (Wildman–Crippen MR) is 52.0 cm³/mol. The van der Waals surface area contributed by atoms with Crippen LogP contribution < -0.4 is 5.63 Å². The Morgan fingerprint density at radius 3 is 2.69 bits per heavy atom. The van der Waals surface area contributed by atoms with Crippen molar-refractivity contribution < 1.29 is 4.42 Å². The lowest BCUT2D eigenvalue weighted by Gasteiger charge is -2.01. The van der Waals surface area contributed by atoms with Crippen molar-refractivity contribution in [2.75, 3.05) is 0 Å². The van der Waals surface area contributed by atoms with Crippen LogP contribution in [0.2, 0.25) is 0 Å².